The first-order chi connectivity index (χ1) is 8.16. The summed E-state index contributed by atoms with van der Waals surface area (Å²) in [6.45, 7) is 1.98. The van der Waals surface area contributed by atoms with E-state index in [4.69, 9.17) is 0 Å². The summed E-state index contributed by atoms with van der Waals surface area (Å²) in [5.74, 6) is -0.309. The summed E-state index contributed by atoms with van der Waals surface area (Å²) in [4.78, 5) is 12.0. The lowest BCUT2D eigenvalue weighted by atomic mass is 10.00. The molecule has 2 rings (SSSR count). The number of hydrogen-bond acceptors (Lipinski definition) is 1. The molecule has 0 aromatic heterocycles. The Bertz CT molecular complexity index is 529. The van der Waals surface area contributed by atoms with Gasteiger partial charge in [-0.2, -0.15) is 0 Å². The second kappa shape index (κ2) is 4.91. The van der Waals surface area contributed by atoms with E-state index in [0.29, 0.717) is 12.0 Å². The molecule has 0 heterocycles. The highest BCUT2D eigenvalue weighted by Crippen LogP contribution is 2.12. The number of benzene rings is 2. The third kappa shape index (κ3) is 2.78. The average molecular weight is 228 g/mol. The number of carbonyl (C=O) groups excluding carboxylic acids is 1. The summed E-state index contributed by atoms with van der Waals surface area (Å²) >= 11 is 0. The molecule has 0 aliphatic heterocycles. The molecule has 0 N–H and O–H groups in total. The number of aryl methyl sites for hydroxylation is 1. The second-order valence-electron chi connectivity index (χ2n) is 4.03. The first-order valence-electron chi connectivity index (χ1n) is 5.50. The first kappa shape index (κ1) is 11.5. The van der Waals surface area contributed by atoms with Crippen molar-refractivity contribution in [1.82, 2.24) is 0 Å². The number of halogens is 1. The third-order valence-corrected chi connectivity index (χ3v) is 2.78. The number of hydrogen-bond donors (Lipinski definition) is 0. The van der Waals surface area contributed by atoms with Crippen LogP contribution in [0.5, 0.6) is 0 Å². The third-order valence-electron chi connectivity index (χ3n) is 2.78. The second-order valence-corrected chi connectivity index (χ2v) is 4.03. The predicted molar refractivity (Wildman–Crippen MR) is 65.6 cm³/mol. The molecule has 0 amide bonds. The molecule has 0 unspecified atom stereocenters. The number of carbonyl (C=O) groups is 1. The number of Topliss-reactive ketones (excluding diaryl/α,β-unsaturated/α-hetero) is 1. The van der Waals surface area contributed by atoms with Gasteiger partial charge in [-0.25, -0.2) is 4.39 Å². The molecule has 0 aliphatic rings. The molecule has 0 spiro atoms. The van der Waals surface area contributed by atoms with Gasteiger partial charge in [0.15, 0.2) is 5.78 Å². The number of ketones is 1. The molecule has 0 radical (unpaired) electrons. The van der Waals surface area contributed by atoms with Crippen LogP contribution >= 0.6 is 0 Å². The lowest BCUT2D eigenvalue weighted by molar-refractivity contribution is 0.0992. The fraction of sp³-hybridized carbons (Fsp3) is 0.133. The molecule has 0 saturated carbocycles. The van der Waals surface area contributed by atoms with Crippen molar-refractivity contribution in [2.24, 2.45) is 0 Å². The molecule has 0 bridgehead atoms. The molecule has 0 atom stereocenters. The van der Waals surface area contributed by atoms with Gasteiger partial charge in [-0.05, 0) is 42.3 Å². The highest BCUT2D eigenvalue weighted by atomic mass is 19.1. The molecule has 17 heavy (non-hydrogen) atoms. The van der Waals surface area contributed by atoms with E-state index in [1.807, 2.05) is 31.2 Å². The molecule has 0 aliphatic carbocycles. The van der Waals surface area contributed by atoms with Crippen molar-refractivity contribution < 1.29 is 9.18 Å². The van der Waals surface area contributed by atoms with E-state index in [1.54, 1.807) is 0 Å². The standard InChI is InChI=1S/C15H13FO/c1-11-4-2-3-5-13(11)10-15(17)12-6-8-14(16)9-7-12/h2-9H,10H2,1H3. The van der Waals surface area contributed by atoms with Gasteiger partial charge in [-0.3, -0.25) is 4.79 Å². The van der Waals surface area contributed by atoms with E-state index < -0.39 is 0 Å². The van der Waals surface area contributed by atoms with E-state index in [2.05, 4.69) is 0 Å². The summed E-state index contributed by atoms with van der Waals surface area (Å²) in [5, 5.41) is 0. The van der Waals surface area contributed by atoms with Crippen LogP contribution in [0.25, 0.3) is 0 Å². The minimum absolute atomic E-state index is 0.0132. The molecule has 2 aromatic rings. The quantitative estimate of drug-likeness (QED) is 0.734. The summed E-state index contributed by atoms with van der Waals surface area (Å²) in [5.41, 5.74) is 2.67. The van der Waals surface area contributed by atoms with Crippen molar-refractivity contribution in [1.29, 1.82) is 0 Å². The van der Waals surface area contributed by atoms with Crippen LogP contribution in [-0.2, 0) is 6.42 Å². The molecule has 2 heteroatoms. The monoisotopic (exact) mass is 228 g/mol. The minimum Gasteiger partial charge on any atom is -0.294 e. The van der Waals surface area contributed by atoms with Crippen LogP contribution < -0.4 is 0 Å². The number of rotatable bonds is 3. The van der Waals surface area contributed by atoms with Crippen LogP contribution in [0.15, 0.2) is 48.5 Å². The molecular weight excluding hydrogens is 215 g/mol. The minimum atomic E-state index is -0.322. The lowest BCUT2D eigenvalue weighted by Gasteiger charge is -2.04. The van der Waals surface area contributed by atoms with E-state index in [1.165, 1.54) is 24.3 Å². The topological polar surface area (TPSA) is 17.1 Å². The Hall–Kier alpha value is -1.96. The summed E-state index contributed by atoms with van der Waals surface area (Å²) in [7, 11) is 0. The van der Waals surface area contributed by atoms with Gasteiger partial charge in [-0.15, -0.1) is 0 Å². The maximum absolute atomic E-state index is 12.7. The highest BCUT2D eigenvalue weighted by molar-refractivity contribution is 5.97. The Morgan fingerprint density at radius 1 is 1.06 bits per heavy atom. The van der Waals surface area contributed by atoms with Gasteiger partial charge < -0.3 is 0 Å². The highest BCUT2D eigenvalue weighted by Gasteiger charge is 2.08. The fourth-order valence-electron chi connectivity index (χ4n) is 1.72. The van der Waals surface area contributed by atoms with Gasteiger partial charge in [0, 0.05) is 12.0 Å². The van der Waals surface area contributed by atoms with Crippen molar-refractivity contribution in [2.45, 2.75) is 13.3 Å². The molecule has 0 saturated heterocycles. The SMILES string of the molecule is Cc1ccccc1CC(=O)c1ccc(F)cc1. The average Bonchev–Trinajstić information content (AvgIpc) is 2.33. The van der Waals surface area contributed by atoms with Gasteiger partial charge in [0.2, 0.25) is 0 Å². The zero-order chi connectivity index (χ0) is 12.3. The van der Waals surface area contributed by atoms with Gasteiger partial charge in [0.1, 0.15) is 5.82 Å². The lowest BCUT2D eigenvalue weighted by Crippen LogP contribution is -2.04. The Balaban J connectivity index is 2.17. The van der Waals surface area contributed by atoms with Gasteiger partial charge in [-0.1, -0.05) is 24.3 Å². The molecule has 86 valence electrons. The van der Waals surface area contributed by atoms with Crippen LogP contribution in [-0.4, -0.2) is 5.78 Å². The van der Waals surface area contributed by atoms with Gasteiger partial charge in [0.25, 0.3) is 0 Å². The van der Waals surface area contributed by atoms with E-state index in [-0.39, 0.29) is 11.6 Å². The predicted octanol–water partition coefficient (Wildman–Crippen LogP) is 3.56. The first-order valence-corrected chi connectivity index (χ1v) is 5.50. The van der Waals surface area contributed by atoms with Crippen LogP contribution in [0.2, 0.25) is 0 Å². The van der Waals surface area contributed by atoms with E-state index in [9.17, 15) is 9.18 Å². The smallest absolute Gasteiger partial charge is 0.167 e. The van der Waals surface area contributed by atoms with Crippen molar-refractivity contribution in [3.05, 3.63) is 71.0 Å². The molecule has 1 nitrogen and oxygen atoms in total. The maximum atomic E-state index is 12.7. The Morgan fingerprint density at radius 3 is 2.35 bits per heavy atom. The molecule has 2 aromatic carbocycles. The van der Waals surface area contributed by atoms with Crippen molar-refractivity contribution in [3.8, 4) is 0 Å². The molecule has 0 fully saturated rings. The Morgan fingerprint density at radius 2 is 1.71 bits per heavy atom. The summed E-state index contributed by atoms with van der Waals surface area (Å²) in [6, 6.07) is 13.5. The largest absolute Gasteiger partial charge is 0.294 e. The summed E-state index contributed by atoms with van der Waals surface area (Å²) < 4.78 is 12.7. The maximum Gasteiger partial charge on any atom is 0.167 e. The molecular formula is C15H13FO. The van der Waals surface area contributed by atoms with Crippen LogP contribution in [0.1, 0.15) is 21.5 Å². The van der Waals surface area contributed by atoms with Crippen molar-refractivity contribution >= 4 is 5.78 Å². The van der Waals surface area contributed by atoms with Crippen LogP contribution in [0, 0.1) is 12.7 Å². The zero-order valence-electron chi connectivity index (χ0n) is 9.61. The summed E-state index contributed by atoms with van der Waals surface area (Å²) in [6.07, 6.45) is 0.359. The van der Waals surface area contributed by atoms with Crippen LogP contribution in [0.3, 0.4) is 0 Å². The zero-order valence-corrected chi connectivity index (χ0v) is 9.61. The van der Waals surface area contributed by atoms with Gasteiger partial charge in [0.05, 0.1) is 0 Å². The van der Waals surface area contributed by atoms with E-state index in [0.717, 1.165) is 11.1 Å². The van der Waals surface area contributed by atoms with Crippen molar-refractivity contribution in [2.75, 3.05) is 0 Å². The van der Waals surface area contributed by atoms with Crippen LogP contribution in [0.4, 0.5) is 4.39 Å². The fourth-order valence-corrected chi connectivity index (χ4v) is 1.72. The normalized spacial score (nSPS) is 10.2. The van der Waals surface area contributed by atoms with Gasteiger partial charge >= 0.3 is 0 Å². The van der Waals surface area contributed by atoms with Crippen molar-refractivity contribution in [3.63, 3.8) is 0 Å². The Kier molecular flexibility index (Phi) is 3.33. The van der Waals surface area contributed by atoms with E-state index >= 15 is 0 Å². The Labute approximate surface area is 99.9 Å².